The molecule has 0 aliphatic rings. The van der Waals surface area contributed by atoms with Crippen molar-refractivity contribution in [3.63, 3.8) is 0 Å². The third kappa shape index (κ3) is 2.19. The van der Waals surface area contributed by atoms with E-state index in [-0.39, 0.29) is 5.69 Å². The number of hydrogen-bond donors (Lipinski definition) is 5. The fraction of sp³-hybridized carbons (Fsp3) is 0.0526. The van der Waals surface area contributed by atoms with Crippen LogP contribution in [-0.4, -0.2) is 30.1 Å². The van der Waals surface area contributed by atoms with E-state index in [1.165, 1.54) is 10.6 Å². The number of rotatable bonds is 3. The predicted octanol–water partition coefficient (Wildman–Crippen LogP) is 3.83. The summed E-state index contributed by atoms with van der Waals surface area (Å²) in [4.78, 5) is 0. The van der Waals surface area contributed by atoms with E-state index in [0.717, 1.165) is 10.9 Å². The van der Waals surface area contributed by atoms with Crippen molar-refractivity contribution in [3.8, 4) is 34.4 Å². The number of phenols is 5. The lowest BCUT2D eigenvalue weighted by molar-refractivity contribution is 0.327. The van der Waals surface area contributed by atoms with E-state index >= 15 is 0 Å². The lowest BCUT2D eigenvalue weighted by Crippen LogP contribution is -1.99. The summed E-state index contributed by atoms with van der Waals surface area (Å²) in [6.07, 6.45) is 5.23. The van der Waals surface area contributed by atoms with Crippen LogP contribution in [0.2, 0.25) is 0 Å². The molecule has 3 rings (SSSR count). The number of phenolic OH excluding ortho intramolecular Hbond substituents is 5. The minimum atomic E-state index is -0.996. The van der Waals surface area contributed by atoms with Crippen molar-refractivity contribution < 1.29 is 25.5 Å². The van der Waals surface area contributed by atoms with Crippen LogP contribution in [0.1, 0.15) is 18.2 Å². The average molecular weight is 339 g/mol. The quantitative estimate of drug-likeness (QED) is 0.368. The van der Waals surface area contributed by atoms with Gasteiger partial charge in [-0.05, 0) is 19.1 Å². The second-order valence-corrected chi connectivity index (χ2v) is 5.45. The molecule has 0 aliphatic heterocycles. The Hall–Kier alpha value is -3.54. The second kappa shape index (κ2) is 5.83. The van der Waals surface area contributed by atoms with Gasteiger partial charge in [0.25, 0.3) is 0 Å². The highest BCUT2D eigenvalue weighted by atomic mass is 16.4. The van der Waals surface area contributed by atoms with E-state index < -0.39 is 28.7 Å². The number of aromatic hydroxyl groups is 5. The molecule has 0 spiro atoms. The second-order valence-electron chi connectivity index (χ2n) is 5.45. The first-order valence-corrected chi connectivity index (χ1v) is 7.51. The third-order valence-electron chi connectivity index (χ3n) is 4.05. The fourth-order valence-corrected chi connectivity index (χ4v) is 2.95. The first-order chi connectivity index (χ1) is 11.9. The zero-order chi connectivity index (χ0) is 18.3. The Morgan fingerprint density at radius 2 is 1.44 bits per heavy atom. The lowest BCUT2D eigenvalue weighted by Gasteiger charge is -2.16. The third-order valence-corrected chi connectivity index (χ3v) is 4.05. The molecule has 1 heterocycles. The van der Waals surface area contributed by atoms with Crippen molar-refractivity contribution in [3.05, 3.63) is 48.2 Å². The molecular weight excluding hydrogens is 322 g/mol. The molecule has 0 atom stereocenters. The van der Waals surface area contributed by atoms with Gasteiger partial charge in [0.15, 0.2) is 11.5 Å². The van der Waals surface area contributed by atoms with E-state index in [2.05, 4.69) is 6.58 Å². The van der Waals surface area contributed by atoms with Crippen molar-refractivity contribution in [1.82, 2.24) is 4.57 Å². The Kier molecular flexibility index (Phi) is 3.81. The first kappa shape index (κ1) is 16.3. The fourth-order valence-electron chi connectivity index (χ4n) is 2.95. The largest absolute Gasteiger partial charge is 0.503 e. The van der Waals surface area contributed by atoms with Crippen LogP contribution < -0.4 is 0 Å². The van der Waals surface area contributed by atoms with Crippen LogP contribution >= 0.6 is 0 Å². The predicted molar refractivity (Wildman–Crippen MR) is 96.4 cm³/mol. The zero-order valence-corrected chi connectivity index (χ0v) is 13.4. The number of hydrogen-bond acceptors (Lipinski definition) is 5. The number of benzene rings is 2. The van der Waals surface area contributed by atoms with Crippen molar-refractivity contribution in [2.75, 3.05) is 0 Å². The summed E-state index contributed by atoms with van der Waals surface area (Å²) in [5.74, 6) is -4.37. The highest BCUT2D eigenvalue weighted by Crippen LogP contribution is 2.53. The molecule has 0 unspecified atom stereocenters. The van der Waals surface area contributed by atoms with Gasteiger partial charge in [-0.2, -0.15) is 0 Å². The van der Waals surface area contributed by atoms with E-state index in [1.54, 1.807) is 12.1 Å². The van der Waals surface area contributed by atoms with Crippen molar-refractivity contribution in [2.45, 2.75) is 6.92 Å². The van der Waals surface area contributed by atoms with Gasteiger partial charge in [-0.1, -0.05) is 36.9 Å². The van der Waals surface area contributed by atoms with Crippen molar-refractivity contribution in [1.29, 1.82) is 0 Å². The van der Waals surface area contributed by atoms with Gasteiger partial charge in [0.2, 0.25) is 17.2 Å². The topological polar surface area (TPSA) is 106 Å². The summed E-state index contributed by atoms with van der Waals surface area (Å²) >= 11 is 0. The average Bonchev–Trinajstić information content (AvgIpc) is 2.93. The van der Waals surface area contributed by atoms with Gasteiger partial charge in [0, 0.05) is 10.9 Å². The molecular formula is C19H17NO5. The Labute approximate surface area is 143 Å². The smallest absolute Gasteiger partial charge is 0.208 e. The molecule has 128 valence electrons. The minimum Gasteiger partial charge on any atom is -0.503 e. The maximum atomic E-state index is 10.3. The van der Waals surface area contributed by atoms with Gasteiger partial charge in [-0.3, -0.25) is 0 Å². The van der Waals surface area contributed by atoms with Gasteiger partial charge < -0.3 is 30.1 Å². The zero-order valence-electron chi connectivity index (χ0n) is 13.4. The van der Waals surface area contributed by atoms with Crippen molar-refractivity contribution >= 4 is 23.1 Å². The van der Waals surface area contributed by atoms with Crippen LogP contribution in [0.4, 0.5) is 0 Å². The Morgan fingerprint density at radius 3 is 2.00 bits per heavy atom. The first-order valence-electron chi connectivity index (χ1n) is 7.51. The number of nitrogens with zero attached hydrogens (tertiary/aromatic N) is 1. The Morgan fingerprint density at radius 1 is 0.880 bits per heavy atom. The summed E-state index contributed by atoms with van der Waals surface area (Å²) in [5, 5.41) is 50.8. The van der Waals surface area contributed by atoms with Crippen LogP contribution in [0.15, 0.2) is 36.9 Å². The highest BCUT2D eigenvalue weighted by Gasteiger charge is 2.27. The molecule has 0 fully saturated rings. The highest BCUT2D eigenvalue weighted by molar-refractivity contribution is 5.96. The molecule has 5 N–H and O–H groups in total. The summed E-state index contributed by atoms with van der Waals surface area (Å²) in [5.41, 5.74) is 1.68. The number of fused-ring (bicyclic) bond motifs is 1. The number of allylic oxidation sites excluding steroid dienone is 1. The molecule has 0 saturated carbocycles. The molecule has 1 aromatic heterocycles. The van der Waals surface area contributed by atoms with Crippen molar-refractivity contribution in [2.24, 2.45) is 0 Å². The summed E-state index contributed by atoms with van der Waals surface area (Å²) in [7, 11) is 0. The van der Waals surface area contributed by atoms with Crippen LogP contribution in [0, 0.1) is 0 Å². The van der Waals surface area contributed by atoms with E-state index in [9.17, 15) is 25.5 Å². The molecule has 2 aromatic carbocycles. The normalized spacial score (nSPS) is 11.4. The number of aromatic nitrogens is 1. The van der Waals surface area contributed by atoms with Crippen LogP contribution in [-0.2, 0) is 0 Å². The van der Waals surface area contributed by atoms with E-state index in [4.69, 9.17) is 0 Å². The minimum absolute atomic E-state index is 0.255. The molecule has 0 amide bonds. The monoisotopic (exact) mass is 339 g/mol. The SMILES string of the molecule is C=Cc1c(/C=C\C)c2ccccc2n1-c1c(O)c(O)c(O)c(O)c1O. The van der Waals surface area contributed by atoms with Gasteiger partial charge >= 0.3 is 0 Å². The van der Waals surface area contributed by atoms with E-state index in [0.29, 0.717) is 11.2 Å². The van der Waals surface area contributed by atoms with Gasteiger partial charge in [-0.25, -0.2) is 0 Å². The van der Waals surface area contributed by atoms with Gasteiger partial charge in [0.1, 0.15) is 5.69 Å². The Bertz CT molecular complexity index is 1000. The van der Waals surface area contributed by atoms with Crippen LogP contribution in [0.5, 0.6) is 28.7 Å². The molecule has 0 bridgehead atoms. The standard InChI is InChI=1S/C19H17NO5/c1-3-7-10-11-8-5-6-9-13(11)20(12(10)4-2)14-15(21)17(23)19(25)18(24)16(14)22/h3-9,21-25H,2H2,1H3/b7-3-. The Balaban J connectivity index is 2.56. The molecule has 0 saturated heterocycles. The molecule has 25 heavy (non-hydrogen) atoms. The number of para-hydroxylation sites is 1. The summed E-state index contributed by atoms with van der Waals surface area (Å²) in [6, 6.07) is 7.24. The van der Waals surface area contributed by atoms with E-state index in [1.807, 2.05) is 31.2 Å². The summed E-state index contributed by atoms with van der Waals surface area (Å²) < 4.78 is 1.46. The van der Waals surface area contributed by atoms with Crippen LogP contribution in [0.25, 0.3) is 28.7 Å². The molecule has 6 heteroatoms. The van der Waals surface area contributed by atoms with Crippen LogP contribution in [0.3, 0.4) is 0 Å². The van der Waals surface area contributed by atoms with Gasteiger partial charge in [0.05, 0.1) is 11.2 Å². The molecule has 3 aromatic rings. The molecule has 6 nitrogen and oxygen atoms in total. The lowest BCUT2D eigenvalue weighted by atomic mass is 10.1. The molecule has 0 radical (unpaired) electrons. The molecule has 0 aliphatic carbocycles. The maximum Gasteiger partial charge on any atom is 0.208 e. The van der Waals surface area contributed by atoms with Gasteiger partial charge in [-0.15, -0.1) is 0 Å². The maximum absolute atomic E-state index is 10.3. The summed E-state index contributed by atoms with van der Waals surface area (Å²) in [6.45, 7) is 5.64.